The Kier molecular flexibility index (Phi) is 3.00. The molecular formula is C12H12F2O3. The second-order valence-electron chi connectivity index (χ2n) is 4.11. The predicted octanol–water partition coefficient (Wildman–Crippen LogP) is 2.84. The van der Waals surface area contributed by atoms with Crippen LogP contribution in [0.1, 0.15) is 25.3 Å². The molecule has 0 amide bonds. The minimum Gasteiger partial charge on any atom is -0.454 e. The third-order valence-corrected chi connectivity index (χ3v) is 2.84. The van der Waals surface area contributed by atoms with Gasteiger partial charge < -0.3 is 9.47 Å². The largest absolute Gasteiger partial charge is 0.454 e. The van der Waals surface area contributed by atoms with E-state index in [9.17, 15) is 13.6 Å². The van der Waals surface area contributed by atoms with E-state index in [1.807, 2.05) is 0 Å². The molecule has 1 atom stereocenters. The summed E-state index contributed by atoms with van der Waals surface area (Å²) in [4.78, 5) is 11.1. The van der Waals surface area contributed by atoms with E-state index in [0.29, 0.717) is 12.8 Å². The summed E-state index contributed by atoms with van der Waals surface area (Å²) < 4.78 is 33.4. The van der Waals surface area contributed by atoms with Crippen molar-refractivity contribution in [2.75, 3.05) is 0 Å². The van der Waals surface area contributed by atoms with E-state index in [2.05, 4.69) is 4.74 Å². The molecule has 1 fully saturated rings. The molecule has 3 nitrogen and oxygen atoms in total. The van der Waals surface area contributed by atoms with Crippen molar-refractivity contribution >= 4 is 5.97 Å². The molecule has 17 heavy (non-hydrogen) atoms. The van der Waals surface area contributed by atoms with Crippen LogP contribution in [-0.2, 0) is 15.1 Å². The SMILES string of the molecule is CC1(c2ccc(OC(F)F)cc2)CCC(=O)O1. The fraction of sp³-hybridized carbons (Fsp3) is 0.417. The second-order valence-corrected chi connectivity index (χ2v) is 4.11. The molecule has 0 bridgehead atoms. The first kappa shape index (κ1) is 11.8. The number of rotatable bonds is 3. The lowest BCUT2D eigenvalue weighted by molar-refractivity contribution is -0.147. The Morgan fingerprint density at radius 1 is 1.35 bits per heavy atom. The van der Waals surface area contributed by atoms with E-state index < -0.39 is 12.2 Å². The summed E-state index contributed by atoms with van der Waals surface area (Å²) in [6.45, 7) is -1.03. The van der Waals surface area contributed by atoms with E-state index in [0.717, 1.165) is 5.56 Å². The Morgan fingerprint density at radius 3 is 2.47 bits per heavy atom. The van der Waals surface area contributed by atoms with Gasteiger partial charge in [-0.2, -0.15) is 8.78 Å². The molecule has 1 unspecified atom stereocenters. The molecule has 1 saturated heterocycles. The number of cyclic esters (lactones) is 1. The summed E-state index contributed by atoms with van der Waals surface area (Å²) in [6.07, 6.45) is 0.979. The van der Waals surface area contributed by atoms with Gasteiger partial charge in [-0.1, -0.05) is 12.1 Å². The Balaban J connectivity index is 2.15. The summed E-state index contributed by atoms with van der Waals surface area (Å²) in [6, 6.07) is 6.16. The van der Waals surface area contributed by atoms with Crippen LogP contribution in [-0.4, -0.2) is 12.6 Å². The molecule has 0 spiro atoms. The molecule has 1 aliphatic heterocycles. The van der Waals surface area contributed by atoms with E-state index in [-0.39, 0.29) is 11.7 Å². The van der Waals surface area contributed by atoms with E-state index >= 15 is 0 Å². The predicted molar refractivity (Wildman–Crippen MR) is 55.8 cm³/mol. The standard InChI is InChI=1S/C12H12F2O3/c1-12(7-6-10(15)17-12)8-2-4-9(5-3-8)16-11(13)14/h2-5,11H,6-7H2,1H3. The molecule has 0 radical (unpaired) electrons. The van der Waals surface area contributed by atoms with Gasteiger partial charge in [-0.05, 0) is 24.6 Å². The number of esters is 1. The minimum absolute atomic E-state index is 0.0941. The van der Waals surface area contributed by atoms with Crippen molar-refractivity contribution in [2.45, 2.75) is 32.0 Å². The topological polar surface area (TPSA) is 35.5 Å². The highest BCUT2D eigenvalue weighted by Gasteiger charge is 2.37. The van der Waals surface area contributed by atoms with Crippen molar-refractivity contribution < 1.29 is 23.0 Å². The third kappa shape index (κ3) is 2.54. The zero-order chi connectivity index (χ0) is 12.5. The number of carbonyl (C=O) groups excluding carboxylic acids is 1. The average Bonchev–Trinajstić information content (AvgIpc) is 2.60. The molecule has 0 aromatic heterocycles. The average molecular weight is 242 g/mol. The molecule has 2 rings (SSSR count). The van der Waals surface area contributed by atoms with Crippen LogP contribution in [0.3, 0.4) is 0 Å². The van der Waals surface area contributed by atoms with Crippen LogP contribution < -0.4 is 4.74 Å². The molecule has 1 heterocycles. The molecule has 5 heteroatoms. The molecule has 1 aliphatic rings. The molecule has 0 N–H and O–H groups in total. The van der Waals surface area contributed by atoms with Crippen LogP contribution in [0, 0.1) is 0 Å². The number of ether oxygens (including phenoxy) is 2. The van der Waals surface area contributed by atoms with Crippen LogP contribution in [0.15, 0.2) is 24.3 Å². The van der Waals surface area contributed by atoms with Crippen LogP contribution in [0.2, 0.25) is 0 Å². The maximum Gasteiger partial charge on any atom is 0.387 e. The van der Waals surface area contributed by atoms with Crippen LogP contribution in [0.4, 0.5) is 8.78 Å². The quantitative estimate of drug-likeness (QED) is 0.764. The van der Waals surface area contributed by atoms with Gasteiger partial charge in [-0.25, -0.2) is 0 Å². The smallest absolute Gasteiger partial charge is 0.387 e. The van der Waals surface area contributed by atoms with Gasteiger partial charge >= 0.3 is 12.6 Å². The molecule has 0 saturated carbocycles. The van der Waals surface area contributed by atoms with Gasteiger partial charge in [0.2, 0.25) is 0 Å². The van der Waals surface area contributed by atoms with Crippen LogP contribution in [0.5, 0.6) is 5.75 Å². The van der Waals surface area contributed by atoms with E-state index in [4.69, 9.17) is 4.74 Å². The first-order valence-electron chi connectivity index (χ1n) is 5.27. The van der Waals surface area contributed by atoms with Gasteiger partial charge in [-0.15, -0.1) is 0 Å². The fourth-order valence-corrected chi connectivity index (χ4v) is 1.89. The van der Waals surface area contributed by atoms with E-state index in [1.165, 1.54) is 12.1 Å². The number of hydrogen-bond donors (Lipinski definition) is 0. The molecule has 92 valence electrons. The van der Waals surface area contributed by atoms with Crippen molar-refractivity contribution in [3.63, 3.8) is 0 Å². The Hall–Kier alpha value is -1.65. The van der Waals surface area contributed by atoms with Crippen molar-refractivity contribution in [3.05, 3.63) is 29.8 Å². The van der Waals surface area contributed by atoms with Gasteiger partial charge in [-0.3, -0.25) is 4.79 Å². The van der Waals surface area contributed by atoms with Crippen molar-refractivity contribution in [1.82, 2.24) is 0 Å². The monoisotopic (exact) mass is 242 g/mol. The lowest BCUT2D eigenvalue weighted by Crippen LogP contribution is -2.20. The zero-order valence-electron chi connectivity index (χ0n) is 9.28. The van der Waals surface area contributed by atoms with Crippen molar-refractivity contribution in [1.29, 1.82) is 0 Å². The lowest BCUT2D eigenvalue weighted by Gasteiger charge is -2.23. The number of hydrogen-bond acceptors (Lipinski definition) is 3. The van der Waals surface area contributed by atoms with Crippen LogP contribution in [0.25, 0.3) is 0 Å². The first-order valence-corrected chi connectivity index (χ1v) is 5.27. The zero-order valence-corrected chi connectivity index (χ0v) is 9.28. The highest BCUT2D eigenvalue weighted by atomic mass is 19.3. The highest BCUT2D eigenvalue weighted by Crippen LogP contribution is 2.36. The Morgan fingerprint density at radius 2 is 2.00 bits per heavy atom. The number of carbonyl (C=O) groups is 1. The van der Waals surface area contributed by atoms with Gasteiger partial charge in [0.05, 0.1) is 0 Å². The van der Waals surface area contributed by atoms with Gasteiger partial charge in [0.1, 0.15) is 11.4 Å². The van der Waals surface area contributed by atoms with Gasteiger partial charge in [0.25, 0.3) is 0 Å². The molecule has 1 aromatic carbocycles. The summed E-state index contributed by atoms with van der Waals surface area (Å²) >= 11 is 0. The van der Waals surface area contributed by atoms with Gasteiger partial charge in [0, 0.05) is 12.8 Å². The molecular weight excluding hydrogens is 230 g/mol. The second kappa shape index (κ2) is 4.31. The number of halogens is 2. The summed E-state index contributed by atoms with van der Waals surface area (Å²) in [5, 5.41) is 0. The Labute approximate surface area is 97.3 Å². The van der Waals surface area contributed by atoms with Crippen molar-refractivity contribution in [2.24, 2.45) is 0 Å². The normalized spacial score (nSPS) is 23.9. The van der Waals surface area contributed by atoms with Crippen LogP contribution >= 0.6 is 0 Å². The van der Waals surface area contributed by atoms with Crippen molar-refractivity contribution in [3.8, 4) is 5.75 Å². The minimum atomic E-state index is -2.83. The fourth-order valence-electron chi connectivity index (χ4n) is 1.89. The maximum atomic E-state index is 12.0. The first-order chi connectivity index (χ1) is 7.99. The molecule has 0 aliphatic carbocycles. The highest BCUT2D eigenvalue weighted by molar-refractivity contribution is 5.72. The number of benzene rings is 1. The summed E-state index contributed by atoms with van der Waals surface area (Å²) in [5.41, 5.74) is 0.130. The Bertz CT molecular complexity index is 416. The molecule has 1 aromatic rings. The van der Waals surface area contributed by atoms with Gasteiger partial charge in [0.15, 0.2) is 0 Å². The van der Waals surface area contributed by atoms with E-state index in [1.54, 1.807) is 19.1 Å². The maximum absolute atomic E-state index is 12.0. The summed E-state index contributed by atoms with van der Waals surface area (Å²) in [5.74, 6) is -0.142. The third-order valence-electron chi connectivity index (χ3n) is 2.84. The number of alkyl halides is 2. The lowest BCUT2D eigenvalue weighted by atomic mass is 9.93. The summed E-state index contributed by atoms with van der Waals surface area (Å²) in [7, 11) is 0.